The van der Waals surface area contributed by atoms with Crippen molar-refractivity contribution >= 4 is 5.91 Å². The summed E-state index contributed by atoms with van der Waals surface area (Å²) in [4.78, 5) is 12.2. The van der Waals surface area contributed by atoms with Crippen molar-refractivity contribution in [1.29, 1.82) is 0 Å². The lowest BCUT2D eigenvalue weighted by atomic mass is 10.0. The summed E-state index contributed by atoms with van der Waals surface area (Å²) in [5, 5.41) is 7.29. The van der Waals surface area contributed by atoms with Crippen LogP contribution in [-0.4, -0.2) is 28.6 Å². The normalized spacial score (nSPS) is 11.3. The van der Waals surface area contributed by atoms with Crippen LogP contribution in [0.3, 0.4) is 0 Å². The smallest absolute Gasteiger partial charge is 0.406 e. The molecule has 0 bridgehead atoms. The van der Waals surface area contributed by atoms with Crippen LogP contribution >= 0.6 is 0 Å². The third-order valence-electron chi connectivity index (χ3n) is 4.40. The van der Waals surface area contributed by atoms with Crippen molar-refractivity contribution in [3.05, 3.63) is 71.5 Å². The summed E-state index contributed by atoms with van der Waals surface area (Å²) in [7, 11) is 0. The minimum absolute atomic E-state index is 0.248. The average molecular weight is 403 g/mol. The molecule has 3 aromatic rings. The number of ether oxygens (including phenoxy) is 1. The summed E-state index contributed by atoms with van der Waals surface area (Å²) in [5.41, 5.74) is 4.30. The SMILES string of the molecule is Cc1nn(CCNC(=O)c2ccc(OC(F)(F)F)cc2)c(C)c1-c1ccccc1. The lowest BCUT2D eigenvalue weighted by Crippen LogP contribution is -2.27. The van der Waals surface area contributed by atoms with E-state index in [1.807, 2.05) is 48.9 Å². The first-order chi connectivity index (χ1) is 13.7. The molecule has 5 nitrogen and oxygen atoms in total. The van der Waals surface area contributed by atoms with Gasteiger partial charge in [-0.15, -0.1) is 13.2 Å². The van der Waals surface area contributed by atoms with E-state index in [2.05, 4.69) is 15.2 Å². The minimum Gasteiger partial charge on any atom is -0.406 e. The van der Waals surface area contributed by atoms with E-state index in [1.54, 1.807) is 0 Å². The monoisotopic (exact) mass is 403 g/mol. The predicted octanol–water partition coefficient (Wildman–Crippen LogP) is 4.50. The van der Waals surface area contributed by atoms with Gasteiger partial charge < -0.3 is 10.1 Å². The molecule has 2 aromatic carbocycles. The Morgan fingerprint density at radius 2 is 1.72 bits per heavy atom. The van der Waals surface area contributed by atoms with E-state index in [0.29, 0.717) is 13.1 Å². The lowest BCUT2D eigenvalue weighted by Gasteiger charge is -2.10. The number of carbonyl (C=O) groups is 1. The molecule has 0 aliphatic rings. The first-order valence-electron chi connectivity index (χ1n) is 8.98. The van der Waals surface area contributed by atoms with Crippen molar-refractivity contribution in [2.24, 2.45) is 0 Å². The lowest BCUT2D eigenvalue weighted by molar-refractivity contribution is -0.274. The fourth-order valence-corrected chi connectivity index (χ4v) is 3.12. The van der Waals surface area contributed by atoms with E-state index >= 15 is 0 Å². The quantitative estimate of drug-likeness (QED) is 0.660. The third-order valence-corrected chi connectivity index (χ3v) is 4.40. The molecule has 3 rings (SSSR count). The van der Waals surface area contributed by atoms with Gasteiger partial charge >= 0.3 is 6.36 Å². The van der Waals surface area contributed by atoms with Gasteiger partial charge in [0, 0.05) is 23.4 Å². The number of hydrogen-bond donors (Lipinski definition) is 1. The first-order valence-corrected chi connectivity index (χ1v) is 8.98. The number of benzene rings is 2. The third kappa shape index (κ3) is 5.16. The molecule has 0 saturated carbocycles. The molecule has 1 N–H and O–H groups in total. The Balaban J connectivity index is 1.60. The van der Waals surface area contributed by atoms with Gasteiger partial charge in [-0.2, -0.15) is 5.10 Å². The molecule has 152 valence electrons. The molecule has 8 heteroatoms. The van der Waals surface area contributed by atoms with Crippen molar-refractivity contribution in [3.8, 4) is 16.9 Å². The molecule has 0 unspecified atom stereocenters. The molecular formula is C21H20F3N3O2. The summed E-state index contributed by atoms with van der Waals surface area (Å²) in [6.45, 7) is 4.72. The second-order valence-electron chi connectivity index (χ2n) is 6.46. The van der Waals surface area contributed by atoms with Crippen LogP contribution in [0.5, 0.6) is 5.75 Å². The van der Waals surface area contributed by atoms with Gasteiger partial charge in [0.15, 0.2) is 0 Å². The molecule has 29 heavy (non-hydrogen) atoms. The fourth-order valence-electron chi connectivity index (χ4n) is 3.12. The van der Waals surface area contributed by atoms with Crippen LogP contribution in [0.15, 0.2) is 54.6 Å². The molecule has 0 aliphatic heterocycles. The van der Waals surface area contributed by atoms with Crippen molar-refractivity contribution in [1.82, 2.24) is 15.1 Å². The van der Waals surface area contributed by atoms with E-state index in [9.17, 15) is 18.0 Å². The van der Waals surface area contributed by atoms with Gasteiger partial charge in [0.1, 0.15) is 5.75 Å². The summed E-state index contributed by atoms with van der Waals surface area (Å²) < 4.78 is 42.2. The van der Waals surface area contributed by atoms with E-state index < -0.39 is 6.36 Å². The zero-order chi connectivity index (χ0) is 21.0. The zero-order valence-corrected chi connectivity index (χ0v) is 16.0. The Bertz CT molecular complexity index is 981. The Morgan fingerprint density at radius 1 is 1.07 bits per heavy atom. The van der Waals surface area contributed by atoms with Gasteiger partial charge in [-0.05, 0) is 43.7 Å². The molecule has 0 fully saturated rings. The van der Waals surface area contributed by atoms with Gasteiger partial charge in [0.2, 0.25) is 0 Å². The van der Waals surface area contributed by atoms with Crippen molar-refractivity contribution in [2.45, 2.75) is 26.8 Å². The topological polar surface area (TPSA) is 56.2 Å². The maximum Gasteiger partial charge on any atom is 0.573 e. The fraction of sp³-hybridized carbons (Fsp3) is 0.238. The number of rotatable bonds is 6. The Labute approximate surface area is 166 Å². The maximum absolute atomic E-state index is 12.2. The molecule has 0 saturated heterocycles. The summed E-state index contributed by atoms with van der Waals surface area (Å²) >= 11 is 0. The number of nitrogens with one attached hydrogen (secondary N) is 1. The molecular weight excluding hydrogens is 383 g/mol. The van der Waals surface area contributed by atoms with Crippen molar-refractivity contribution < 1.29 is 22.7 Å². The van der Waals surface area contributed by atoms with E-state index in [4.69, 9.17) is 0 Å². The number of halogens is 3. The van der Waals surface area contributed by atoms with Crippen LogP contribution in [0.25, 0.3) is 11.1 Å². The Kier molecular flexibility index (Phi) is 5.91. The average Bonchev–Trinajstić information content (AvgIpc) is 2.95. The first kappa shape index (κ1) is 20.4. The van der Waals surface area contributed by atoms with Gasteiger partial charge in [0.25, 0.3) is 5.91 Å². The summed E-state index contributed by atoms with van der Waals surface area (Å²) in [6, 6.07) is 14.7. The zero-order valence-electron chi connectivity index (χ0n) is 16.0. The molecule has 0 radical (unpaired) electrons. The summed E-state index contributed by atoms with van der Waals surface area (Å²) in [6.07, 6.45) is -4.76. The van der Waals surface area contributed by atoms with Crippen molar-refractivity contribution in [3.63, 3.8) is 0 Å². The van der Waals surface area contributed by atoms with Gasteiger partial charge in [-0.1, -0.05) is 30.3 Å². The van der Waals surface area contributed by atoms with Crippen LogP contribution < -0.4 is 10.1 Å². The highest BCUT2D eigenvalue weighted by atomic mass is 19.4. The van der Waals surface area contributed by atoms with Gasteiger partial charge in [-0.25, -0.2) is 0 Å². The second kappa shape index (κ2) is 8.38. The molecule has 1 aromatic heterocycles. The van der Waals surface area contributed by atoms with E-state index in [-0.39, 0.29) is 17.2 Å². The summed E-state index contributed by atoms with van der Waals surface area (Å²) in [5.74, 6) is -0.751. The Morgan fingerprint density at radius 3 is 2.34 bits per heavy atom. The van der Waals surface area contributed by atoms with Crippen LogP contribution in [-0.2, 0) is 6.54 Å². The molecule has 1 heterocycles. The number of aryl methyl sites for hydroxylation is 1. The van der Waals surface area contributed by atoms with Crippen molar-refractivity contribution in [2.75, 3.05) is 6.54 Å². The highest BCUT2D eigenvalue weighted by Gasteiger charge is 2.31. The number of aromatic nitrogens is 2. The standard InChI is InChI=1S/C21H20F3N3O2/c1-14-19(16-6-4-3-5-7-16)15(2)27(26-14)13-12-25-20(28)17-8-10-18(11-9-17)29-21(22,23)24/h3-11H,12-13H2,1-2H3,(H,25,28). The highest BCUT2D eigenvalue weighted by molar-refractivity contribution is 5.94. The molecule has 0 atom stereocenters. The molecule has 0 spiro atoms. The number of carbonyl (C=O) groups excluding carboxylic acids is 1. The van der Waals surface area contributed by atoms with Gasteiger partial charge in [-0.3, -0.25) is 9.48 Å². The Hall–Kier alpha value is -3.29. The number of alkyl halides is 3. The number of hydrogen-bond acceptors (Lipinski definition) is 3. The maximum atomic E-state index is 12.2. The number of amides is 1. The second-order valence-corrected chi connectivity index (χ2v) is 6.46. The van der Waals surface area contributed by atoms with Crippen LogP contribution in [0.4, 0.5) is 13.2 Å². The van der Waals surface area contributed by atoms with Crippen LogP contribution in [0.1, 0.15) is 21.7 Å². The number of nitrogens with zero attached hydrogens (tertiary/aromatic N) is 2. The minimum atomic E-state index is -4.76. The molecule has 0 aliphatic carbocycles. The molecule has 1 amide bonds. The highest BCUT2D eigenvalue weighted by Crippen LogP contribution is 2.26. The van der Waals surface area contributed by atoms with E-state index in [0.717, 1.165) is 34.6 Å². The van der Waals surface area contributed by atoms with E-state index in [1.165, 1.54) is 12.1 Å². The van der Waals surface area contributed by atoms with Crippen LogP contribution in [0, 0.1) is 13.8 Å². The largest absolute Gasteiger partial charge is 0.573 e. The van der Waals surface area contributed by atoms with Crippen LogP contribution in [0.2, 0.25) is 0 Å². The predicted molar refractivity (Wildman–Crippen MR) is 103 cm³/mol. The van der Waals surface area contributed by atoms with Gasteiger partial charge in [0.05, 0.1) is 12.2 Å².